The lowest BCUT2D eigenvalue weighted by Crippen LogP contribution is -2.54. The van der Waals surface area contributed by atoms with Crippen molar-refractivity contribution in [2.24, 2.45) is 0 Å². The van der Waals surface area contributed by atoms with E-state index in [9.17, 15) is 4.39 Å². The van der Waals surface area contributed by atoms with E-state index in [-0.39, 0.29) is 24.3 Å². The van der Waals surface area contributed by atoms with Crippen LogP contribution in [0.1, 0.15) is 24.3 Å². The van der Waals surface area contributed by atoms with Crippen molar-refractivity contribution in [1.29, 1.82) is 0 Å². The van der Waals surface area contributed by atoms with Gasteiger partial charge < -0.3 is 15.0 Å². The van der Waals surface area contributed by atoms with Crippen molar-refractivity contribution in [1.82, 2.24) is 15.3 Å². The second-order valence-electron chi connectivity index (χ2n) is 7.58. The molecule has 0 bridgehead atoms. The standard InChI is InChI=1S/C22H23FN4O.ClH/c23-17-11-19(15-7-9-24-10-8-15)22(25-12-17)28-18-13-27(14-18)21-6-5-16-3-1-2-4-20(16)26-21;/h1-6,11-12,15,18,24H,7-10,13-14H2;1H. The van der Waals surface area contributed by atoms with Gasteiger partial charge in [-0.1, -0.05) is 18.2 Å². The van der Waals surface area contributed by atoms with E-state index in [1.807, 2.05) is 18.2 Å². The topological polar surface area (TPSA) is 50.3 Å². The Balaban J connectivity index is 0.00000205. The lowest BCUT2D eigenvalue weighted by Gasteiger charge is -2.40. The molecule has 5 nitrogen and oxygen atoms in total. The summed E-state index contributed by atoms with van der Waals surface area (Å²) in [5, 5.41) is 4.49. The minimum Gasteiger partial charge on any atom is -0.470 e. The molecule has 0 spiro atoms. The number of pyridine rings is 2. The Kier molecular flexibility index (Phi) is 5.83. The summed E-state index contributed by atoms with van der Waals surface area (Å²) in [7, 11) is 0. The first-order valence-corrected chi connectivity index (χ1v) is 9.90. The van der Waals surface area contributed by atoms with Gasteiger partial charge in [-0.25, -0.2) is 14.4 Å². The van der Waals surface area contributed by atoms with Gasteiger partial charge in [-0.15, -0.1) is 12.4 Å². The number of hydrogen-bond donors (Lipinski definition) is 1. The minimum absolute atomic E-state index is 0. The zero-order valence-electron chi connectivity index (χ0n) is 16.1. The van der Waals surface area contributed by atoms with Crippen LogP contribution in [0.5, 0.6) is 5.88 Å². The third-order valence-corrected chi connectivity index (χ3v) is 5.66. The number of halogens is 2. The van der Waals surface area contributed by atoms with Gasteiger partial charge in [0.25, 0.3) is 0 Å². The number of nitrogens with zero attached hydrogens (tertiary/aromatic N) is 3. The molecule has 2 aliphatic rings. The number of aromatic nitrogens is 2. The SMILES string of the molecule is Cl.Fc1cnc(OC2CN(c3ccc4ccccc4n3)C2)c(C2CCNCC2)c1. The van der Waals surface area contributed by atoms with Gasteiger partial charge in [-0.3, -0.25) is 0 Å². The van der Waals surface area contributed by atoms with Gasteiger partial charge in [0, 0.05) is 10.9 Å². The molecule has 0 unspecified atom stereocenters. The predicted molar refractivity (Wildman–Crippen MR) is 115 cm³/mol. The molecule has 3 aromatic rings. The van der Waals surface area contributed by atoms with Crippen molar-refractivity contribution in [2.45, 2.75) is 24.9 Å². The van der Waals surface area contributed by atoms with Crippen LogP contribution >= 0.6 is 12.4 Å². The van der Waals surface area contributed by atoms with Gasteiger partial charge in [0.1, 0.15) is 17.7 Å². The Morgan fingerprint density at radius 2 is 1.86 bits per heavy atom. The molecule has 2 aliphatic heterocycles. The van der Waals surface area contributed by atoms with E-state index < -0.39 is 0 Å². The number of hydrogen-bond acceptors (Lipinski definition) is 5. The Hall–Kier alpha value is -2.44. The number of anilines is 1. The van der Waals surface area contributed by atoms with Crippen LogP contribution in [0.3, 0.4) is 0 Å². The normalized spacial score (nSPS) is 17.6. The third-order valence-electron chi connectivity index (χ3n) is 5.66. The molecule has 0 radical (unpaired) electrons. The quantitative estimate of drug-likeness (QED) is 0.701. The first-order valence-electron chi connectivity index (χ1n) is 9.90. The lowest BCUT2D eigenvalue weighted by atomic mass is 9.91. The molecule has 2 aromatic heterocycles. The maximum atomic E-state index is 13.8. The summed E-state index contributed by atoms with van der Waals surface area (Å²) in [6.45, 7) is 3.42. The Morgan fingerprint density at radius 1 is 1.07 bits per heavy atom. The first-order chi connectivity index (χ1) is 13.8. The molecule has 7 heteroatoms. The van der Waals surface area contributed by atoms with E-state index in [0.29, 0.717) is 11.8 Å². The van der Waals surface area contributed by atoms with Crippen LogP contribution in [0.2, 0.25) is 0 Å². The van der Waals surface area contributed by atoms with E-state index in [2.05, 4.69) is 33.4 Å². The van der Waals surface area contributed by atoms with Crippen molar-refractivity contribution in [3.63, 3.8) is 0 Å². The summed E-state index contributed by atoms with van der Waals surface area (Å²) in [5.41, 5.74) is 1.90. The van der Waals surface area contributed by atoms with Gasteiger partial charge in [0.05, 0.1) is 24.8 Å². The van der Waals surface area contributed by atoms with Crippen LogP contribution in [-0.4, -0.2) is 42.3 Å². The molecule has 0 saturated carbocycles. The molecule has 1 N–H and O–H groups in total. The molecule has 29 heavy (non-hydrogen) atoms. The summed E-state index contributed by atoms with van der Waals surface area (Å²) in [4.78, 5) is 11.2. The van der Waals surface area contributed by atoms with Crippen molar-refractivity contribution in [3.05, 3.63) is 60.0 Å². The van der Waals surface area contributed by atoms with Crippen LogP contribution < -0.4 is 15.0 Å². The van der Waals surface area contributed by atoms with Gasteiger partial charge in [0.15, 0.2) is 0 Å². The largest absolute Gasteiger partial charge is 0.470 e. The summed E-state index contributed by atoms with van der Waals surface area (Å²) in [6, 6.07) is 13.9. The maximum Gasteiger partial charge on any atom is 0.217 e. The van der Waals surface area contributed by atoms with Crippen LogP contribution in [0.25, 0.3) is 10.9 Å². The molecule has 0 amide bonds. The molecule has 0 atom stereocenters. The fourth-order valence-electron chi connectivity index (χ4n) is 4.06. The van der Waals surface area contributed by atoms with Gasteiger partial charge in [0.2, 0.25) is 5.88 Å². The number of benzene rings is 1. The molecular formula is C22H24ClFN4O. The second kappa shape index (κ2) is 8.51. The second-order valence-corrected chi connectivity index (χ2v) is 7.58. The average Bonchev–Trinajstić information content (AvgIpc) is 2.71. The third kappa shape index (κ3) is 4.14. The monoisotopic (exact) mass is 414 g/mol. The first kappa shape index (κ1) is 19.9. The Morgan fingerprint density at radius 3 is 2.69 bits per heavy atom. The minimum atomic E-state index is -0.295. The van der Waals surface area contributed by atoms with Crippen LogP contribution in [0, 0.1) is 5.82 Å². The molecule has 5 rings (SSSR count). The highest BCUT2D eigenvalue weighted by molar-refractivity contribution is 5.85. The smallest absolute Gasteiger partial charge is 0.217 e. The number of fused-ring (bicyclic) bond motifs is 1. The van der Waals surface area contributed by atoms with Crippen LogP contribution in [0.15, 0.2) is 48.7 Å². The van der Waals surface area contributed by atoms with Crippen molar-refractivity contribution in [2.75, 3.05) is 31.1 Å². The highest BCUT2D eigenvalue weighted by Gasteiger charge is 2.31. The van der Waals surface area contributed by atoms with Gasteiger partial charge in [-0.2, -0.15) is 0 Å². The average molecular weight is 415 g/mol. The highest BCUT2D eigenvalue weighted by atomic mass is 35.5. The van der Waals surface area contributed by atoms with Gasteiger partial charge >= 0.3 is 0 Å². The highest BCUT2D eigenvalue weighted by Crippen LogP contribution is 2.33. The molecule has 0 aliphatic carbocycles. The summed E-state index contributed by atoms with van der Waals surface area (Å²) < 4.78 is 20.0. The van der Waals surface area contributed by atoms with Crippen molar-refractivity contribution in [3.8, 4) is 5.88 Å². The summed E-state index contributed by atoms with van der Waals surface area (Å²) in [5.74, 6) is 1.56. The number of nitrogens with one attached hydrogen (secondary N) is 1. The van der Waals surface area contributed by atoms with Crippen molar-refractivity contribution >= 4 is 29.1 Å². The lowest BCUT2D eigenvalue weighted by molar-refractivity contribution is 0.156. The number of para-hydroxylation sites is 1. The van der Waals surface area contributed by atoms with Crippen molar-refractivity contribution < 1.29 is 9.13 Å². The van der Waals surface area contributed by atoms with Gasteiger partial charge in [-0.05, 0) is 56.1 Å². The van der Waals surface area contributed by atoms with E-state index in [1.54, 1.807) is 6.07 Å². The van der Waals surface area contributed by atoms with E-state index in [0.717, 1.165) is 61.3 Å². The summed E-state index contributed by atoms with van der Waals surface area (Å²) >= 11 is 0. The number of piperidine rings is 1. The zero-order chi connectivity index (χ0) is 18.9. The fraction of sp³-hybridized carbons (Fsp3) is 0.364. The Labute approximate surface area is 175 Å². The zero-order valence-corrected chi connectivity index (χ0v) is 16.9. The molecule has 1 aromatic carbocycles. The molecule has 2 saturated heterocycles. The van der Waals surface area contributed by atoms with E-state index in [1.165, 1.54) is 6.20 Å². The summed E-state index contributed by atoms with van der Waals surface area (Å²) in [6.07, 6.45) is 3.27. The number of rotatable bonds is 4. The fourth-order valence-corrected chi connectivity index (χ4v) is 4.06. The van der Waals surface area contributed by atoms with Crippen LogP contribution in [0.4, 0.5) is 10.2 Å². The molecule has 2 fully saturated rings. The van der Waals surface area contributed by atoms with E-state index in [4.69, 9.17) is 9.72 Å². The maximum absolute atomic E-state index is 13.8. The number of ether oxygens (including phenoxy) is 1. The molecule has 4 heterocycles. The molecular weight excluding hydrogens is 391 g/mol. The Bertz CT molecular complexity index is 989. The van der Waals surface area contributed by atoms with E-state index >= 15 is 0 Å². The van der Waals surface area contributed by atoms with Crippen LogP contribution in [-0.2, 0) is 0 Å². The molecule has 152 valence electrons. The predicted octanol–water partition coefficient (Wildman–Crippen LogP) is 3.93.